The molecular weight excluding hydrogens is 541 g/mol. The summed E-state index contributed by atoms with van der Waals surface area (Å²) in [5.74, 6) is -1.07. The molecule has 6 nitrogen and oxygen atoms in total. The number of hydrogen-bond acceptors (Lipinski definition) is 5. The molecule has 0 saturated heterocycles. The number of rotatable bonds is 4. The Hall–Kier alpha value is -2.52. The minimum absolute atomic E-state index is 0.110. The molecule has 4 aromatic rings. The van der Waals surface area contributed by atoms with Crippen molar-refractivity contribution in [1.82, 2.24) is 3.97 Å². The van der Waals surface area contributed by atoms with Crippen molar-refractivity contribution in [2.75, 3.05) is 7.11 Å². The predicted octanol–water partition coefficient (Wildman–Crippen LogP) is 6.11. The highest BCUT2D eigenvalue weighted by Gasteiger charge is 2.28. The van der Waals surface area contributed by atoms with Gasteiger partial charge in [-0.3, -0.25) is 0 Å². The van der Waals surface area contributed by atoms with Gasteiger partial charge in [0, 0.05) is 14.9 Å². The van der Waals surface area contributed by atoms with Crippen LogP contribution >= 0.6 is 39.1 Å². The molecule has 0 radical (unpaired) electrons. The van der Waals surface area contributed by atoms with Gasteiger partial charge < -0.3 is 9.84 Å². The fourth-order valence-electron chi connectivity index (χ4n) is 3.35. The fraction of sp³-hybridized carbons (Fsp3) is 0.0455. The van der Waals surface area contributed by atoms with Gasteiger partial charge in [0.2, 0.25) is 0 Å². The van der Waals surface area contributed by atoms with Gasteiger partial charge in [-0.15, -0.1) is 0 Å². The van der Waals surface area contributed by atoms with Crippen LogP contribution in [0, 0.1) is 0 Å². The number of aromatic nitrogens is 1. The van der Waals surface area contributed by atoms with Crippen LogP contribution < -0.4 is 0 Å². The summed E-state index contributed by atoms with van der Waals surface area (Å²) in [6.45, 7) is 0. The zero-order chi connectivity index (χ0) is 23.2. The lowest BCUT2D eigenvalue weighted by Gasteiger charge is -2.14. The van der Waals surface area contributed by atoms with E-state index in [1.54, 1.807) is 36.4 Å². The number of phenolic OH excluding ortho intramolecular Hbond substituents is 1. The first-order valence-corrected chi connectivity index (χ1v) is 12.1. The van der Waals surface area contributed by atoms with E-state index in [-0.39, 0.29) is 9.92 Å². The summed E-state index contributed by atoms with van der Waals surface area (Å²) >= 11 is 15.4. The Morgan fingerprint density at radius 3 is 2.38 bits per heavy atom. The van der Waals surface area contributed by atoms with Crippen molar-refractivity contribution in [3.8, 4) is 17.0 Å². The van der Waals surface area contributed by atoms with Gasteiger partial charge in [0.05, 0.1) is 28.9 Å². The van der Waals surface area contributed by atoms with Gasteiger partial charge in [-0.05, 0) is 54.1 Å². The molecule has 0 saturated carbocycles. The number of carbonyl (C=O) groups is 1. The number of phenols is 1. The van der Waals surface area contributed by atoms with E-state index in [1.807, 2.05) is 0 Å². The van der Waals surface area contributed by atoms with Crippen LogP contribution in [0.2, 0.25) is 10.0 Å². The Morgan fingerprint density at radius 2 is 1.72 bits per heavy atom. The van der Waals surface area contributed by atoms with E-state index in [0.29, 0.717) is 37.2 Å². The predicted molar refractivity (Wildman–Crippen MR) is 127 cm³/mol. The van der Waals surface area contributed by atoms with Crippen LogP contribution in [0.4, 0.5) is 0 Å². The van der Waals surface area contributed by atoms with Gasteiger partial charge >= 0.3 is 5.97 Å². The summed E-state index contributed by atoms with van der Waals surface area (Å²) in [5, 5.41) is 11.3. The van der Waals surface area contributed by atoms with E-state index < -0.39 is 21.7 Å². The third-order valence-electron chi connectivity index (χ3n) is 4.83. The maximum absolute atomic E-state index is 13.8. The Morgan fingerprint density at radius 1 is 1.03 bits per heavy atom. The molecule has 0 fully saturated rings. The van der Waals surface area contributed by atoms with Crippen LogP contribution in [0.1, 0.15) is 10.4 Å². The van der Waals surface area contributed by atoms with Gasteiger partial charge in [0.15, 0.2) is 5.75 Å². The SMILES string of the molecule is COC(=O)c1ccc(-c2cc3cc(Cl)ccc3n2S(=O)(=O)c2cc(Br)cc(Cl)c2O)cc1. The topological polar surface area (TPSA) is 85.6 Å². The Bertz CT molecular complexity index is 1480. The largest absolute Gasteiger partial charge is 0.505 e. The third kappa shape index (κ3) is 3.88. The summed E-state index contributed by atoms with van der Waals surface area (Å²) < 4.78 is 33.7. The molecule has 0 bridgehead atoms. The van der Waals surface area contributed by atoms with E-state index in [0.717, 1.165) is 3.97 Å². The molecule has 1 aromatic heterocycles. The van der Waals surface area contributed by atoms with E-state index in [9.17, 15) is 18.3 Å². The monoisotopic (exact) mass is 553 g/mol. The molecule has 0 aliphatic heterocycles. The normalized spacial score (nSPS) is 11.6. The maximum Gasteiger partial charge on any atom is 0.337 e. The lowest BCUT2D eigenvalue weighted by Crippen LogP contribution is -2.14. The summed E-state index contributed by atoms with van der Waals surface area (Å²) in [6, 6.07) is 15.5. The molecule has 0 amide bonds. The molecule has 1 heterocycles. The molecule has 0 aliphatic carbocycles. The zero-order valence-electron chi connectivity index (χ0n) is 16.3. The molecule has 0 atom stereocenters. The van der Waals surface area contributed by atoms with Crippen molar-refractivity contribution in [3.63, 3.8) is 0 Å². The van der Waals surface area contributed by atoms with Crippen LogP contribution in [0.15, 0.2) is 70.0 Å². The lowest BCUT2D eigenvalue weighted by atomic mass is 10.1. The van der Waals surface area contributed by atoms with Gasteiger partial charge in [0.25, 0.3) is 10.0 Å². The first kappa shape index (κ1) is 22.7. The lowest BCUT2D eigenvalue weighted by molar-refractivity contribution is 0.0600. The van der Waals surface area contributed by atoms with E-state index >= 15 is 0 Å². The standard InChI is InChI=1S/C22H14BrCl2NO5S/c1-31-22(28)13-4-2-12(3-5-13)19-9-14-8-16(24)6-7-18(14)26(19)32(29,30)20-11-15(23)10-17(25)21(20)27/h2-11,27H,1H3. The van der Waals surface area contributed by atoms with Crippen LogP contribution in [0.3, 0.4) is 0 Å². The summed E-state index contributed by atoms with van der Waals surface area (Å²) in [5.41, 5.74) is 1.52. The van der Waals surface area contributed by atoms with Crippen molar-refractivity contribution in [1.29, 1.82) is 0 Å². The number of benzene rings is 3. The molecule has 4 rings (SSSR count). The Labute approximate surface area is 202 Å². The van der Waals surface area contributed by atoms with Gasteiger partial charge in [0.1, 0.15) is 4.90 Å². The van der Waals surface area contributed by atoms with Crippen molar-refractivity contribution >= 4 is 66.0 Å². The Balaban J connectivity index is 2.02. The molecule has 10 heteroatoms. The number of fused-ring (bicyclic) bond motifs is 1. The summed E-state index contributed by atoms with van der Waals surface area (Å²) in [4.78, 5) is 11.4. The van der Waals surface area contributed by atoms with Crippen LogP contribution in [0.5, 0.6) is 5.75 Å². The molecule has 32 heavy (non-hydrogen) atoms. The number of hydrogen-bond donors (Lipinski definition) is 1. The van der Waals surface area contributed by atoms with E-state index in [2.05, 4.69) is 15.9 Å². The number of aromatic hydroxyl groups is 1. The third-order valence-corrected chi connectivity index (χ3v) is 7.55. The van der Waals surface area contributed by atoms with Crippen molar-refractivity contribution < 1.29 is 23.1 Å². The van der Waals surface area contributed by atoms with Crippen LogP contribution in [0.25, 0.3) is 22.2 Å². The molecule has 3 aromatic carbocycles. The zero-order valence-corrected chi connectivity index (χ0v) is 20.3. The Kier molecular flexibility index (Phi) is 5.98. The minimum Gasteiger partial charge on any atom is -0.505 e. The number of methoxy groups -OCH3 is 1. The van der Waals surface area contributed by atoms with E-state index in [1.165, 1.54) is 31.4 Å². The highest BCUT2D eigenvalue weighted by Crippen LogP contribution is 2.39. The van der Waals surface area contributed by atoms with Gasteiger partial charge in [-0.25, -0.2) is 17.2 Å². The second-order valence-corrected chi connectivity index (χ2v) is 10.3. The summed E-state index contributed by atoms with van der Waals surface area (Å²) in [6.07, 6.45) is 0. The van der Waals surface area contributed by atoms with Crippen molar-refractivity contribution in [3.05, 3.63) is 80.7 Å². The second-order valence-electron chi connectivity index (χ2n) is 6.81. The first-order valence-electron chi connectivity index (χ1n) is 9.07. The maximum atomic E-state index is 13.8. The first-order chi connectivity index (χ1) is 15.1. The number of carbonyl (C=O) groups excluding carboxylic acids is 1. The molecular formula is C22H14BrCl2NO5S. The molecule has 0 aliphatic rings. The number of nitrogens with zero attached hydrogens (tertiary/aromatic N) is 1. The average molecular weight is 555 g/mol. The smallest absolute Gasteiger partial charge is 0.337 e. The van der Waals surface area contributed by atoms with Crippen molar-refractivity contribution in [2.45, 2.75) is 4.90 Å². The fourth-order valence-corrected chi connectivity index (χ4v) is 6.22. The number of esters is 1. The average Bonchev–Trinajstić information content (AvgIpc) is 3.15. The molecule has 164 valence electrons. The van der Waals surface area contributed by atoms with Gasteiger partial charge in [-0.2, -0.15) is 0 Å². The summed E-state index contributed by atoms with van der Waals surface area (Å²) in [7, 11) is -3.03. The van der Waals surface area contributed by atoms with Crippen LogP contribution in [-0.4, -0.2) is 30.6 Å². The quantitative estimate of drug-likeness (QED) is 0.308. The molecule has 0 spiro atoms. The number of halogens is 3. The second kappa shape index (κ2) is 8.44. The van der Waals surface area contributed by atoms with Gasteiger partial charge in [-0.1, -0.05) is 51.3 Å². The highest BCUT2D eigenvalue weighted by atomic mass is 79.9. The molecule has 0 unspecified atom stereocenters. The van der Waals surface area contributed by atoms with E-state index in [4.69, 9.17) is 27.9 Å². The van der Waals surface area contributed by atoms with Crippen molar-refractivity contribution in [2.24, 2.45) is 0 Å². The number of ether oxygens (including phenoxy) is 1. The van der Waals surface area contributed by atoms with Crippen LogP contribution in [-0.2, 0) is 14.8 Å². The molecule has 1 N–H and O–H groups in total. The highest BCUT2D eigenvalue weighted by molar-refractivity contribution is 9.10. The minimum atomic E-state index is -4.30.